The van der Waals surface area contributed by atoms with E-state index in [-0.39, 0.29) is 5.75 Å². The highest BCUT2D eigenvalue weighted by molar-refractivity contribution is 5.79. The summed E-state index contributed by atoms with van der Waals surface area (Å²) in [5, 5.41) is 16.2. The van der Waals surface area contributed by atoms with Crippen molar-refractivity contribution < 1.29 is 5.11 Å². The van der Waals surface area contributed by atoms with E-state index in [0.717, 1.165) is 37.6 Å². The van der Waals surface area contributed by atoms with Gasteiger partial charge in [-0.15, -0.1) is 0 Å². The van der Waals surface area contributed by atoms with Crippen LogP contribution in [0, 0.1) is 0 Å². The lowest BCUT2D eigenvalue weighted by molar-refractivity contribution is 0.238. The average Bonchev–Trinajstić information content (AvgIpc) is 2.67. The summed E-state index contributed by atoms with van der Waals surface area (Å²) in [5.41, 5.74) is 2.32. The summed E-state index contributed by atoms with van der Waals surface area (Å²) in [4.78, 5) is 6.97. The van der Waals surface area contributed by atoms with Crippen molar-refractivity contribution >= 4 is 5.96 Å². The fourth-order valence-corrected chi connectivity index (χ4v) is 2.81. The molecule has 2 aromatic carbocycles. The average molecular weight is 369 g/mol. The maximum absolute atomic E-state index is 9.56. The molecular formula is C22H32N4O. The highest BCUT2D eigenvalue weighted by Crippen LogP contribution is 2.11. The van der Waals surface area contributed by atoms with E-state index in [1.165, 1.54) is 5.56 Å². The van der Waals surface area contributed by atoms with Gasteiger partial charge in [-0.05, 0) is 50.6 Å². The molecule has 0 amide bonds. The van der Waals surface area contributed by atoms with Gasteiger partial charge < -0.3 is 15.7 Å². The molecule has 0 saturated heterocycles. The van der Waals surface area contributed by atoms with Gasteiger partial charge >= 0.3 is 0 Å². The number of phenolic OH excluding ortho intramolecular Hbond substituents is 1. The third-order valence-corrected chi connectivity index (χ3v) is 4.56. The van der Waals surface area contributed by atoms with Crippen LogP contribution in [0.3, 0.4) is 0 Å². The molecule has 1 unspecified atom stereocenters. The molecule has 146 valence electrons. The van der Waals surface area contributed by atoms with Gasteiger partial charge in [-0.3, -0.25) is 4.90 Å². The Hall–Kier alpha value is -2.53. The lowest BCUT2D eigenvalue weighted by Crippen LogP contribution is -2.40. The summed E-state index contributed by atoms with van der Waals surface area (Å²) in [6, 6.07) is 18.2. The molecule has 0 fully saturated rings. The van der Waals surface area contributed by atoms with Gasteiger partial charge in [0.15, 0.2) is 5.96 Å². The molecule has 27 heavy (non-hydrogen) atoms. The number of benzene rings is 2. The Labute approximate surface area is 163 Å². The fraction of sp³-hybridized carbons (Fsp3) is 0.409. The number of guanidine groups is 1. The van der Waals surface area contributed by atoms with Gasteiger partial charge in [0.2, 0.25) is 0 Å². The van der Waals surface area contributed by atoms with Gasteiger partial charge in [-0.1, -0.05) is 42.5 Å². The Kier molecular flexibility index (Phi) is 8.65. The second-order valence-electron chi connectivity index (χ2n) is 6.83. The topological polar surface area (TPSA) is 59.9 Å². The molecule has 0 aliphatic carbocycles. The molecule has 5 nitrogen and oxygen atoms in total. The first kappa shape index (κ1) is 20.8. The SMILES string of the molecule is CCNC(=NCc1cccc(O)c1)NCCC(C)N(C)Cc1ccccc1. The van der Waals surface area contributed by atoms with Crippen molar-refractivity contribution in [2.24, 2.45) is 4.99 Å². The Bertz CT molecular complexity index is 702. The smallest absolute Gasteiger partial charge is 0.191 e. The molecule has 0 radical (unpaired) electrons. The first-order chi connectivity index (χ1) is 13.1. The summed E-state index contributed by atoms with van der Waals surface area (Å²) < 4.78 is 0. The summed E-state index contributed by atoms with van der Waals surface area (Å²) in [7, 11) is 2.17. The summed E-state index contributed by atoms with van der Waals surface area (Å²) in [6.07, 6.45) is 1.03. The summed E-state index contributed by atoms with van der Waals surface area (Å²) in [5.74, 6) is 1.08. The maximum atomic E-state index is 9.56. The summed E-state index contributed by atoms with van der Waals surface area (Å²) >= 11 is 0. The summed E-state index contributed by atoms with van der Waals surface area (Å²) in [6.45, 7) is 7.46. The van der Waals surface area contributed by atoms with E-state index in [4.69, 9.17) is 0 Å². The Morgan fingerprint density at radius 1 is 1.07 bits per heavy atom. The molecule has 0 bridgehead atoms. The number of hydrogen-bond acceptors (Lipinski definition) is 3. The van der Waals surface area contributed by atoms with Crippen LogP contribution in [-0.4, -0.2) is 42.1 Å². The van der Waals surface area contributed by atoms with Crippen LogP contribution in [0.15, 0.2) is 59.6 Å². The van der Waals surface area contributed by atoms with Gasteiger partial charge in [-0.2, -0.15) is 0 Å². The van der Waals surface area contributed by atoms with E-state index < -0.39 is 0 Å². The number of nitrogens with one attached hydrogen (secondary N) is 2. The van der Waals surface area contributed by atoms with Gasteiger partial charge in [0.25, 0.3) is 0 Å². The van der Waals surface area contributed by atoms with Crippen LogP contribution in [0.2, 0.25) is 0 Å². The predicted molar refractivity (Wildman–Crippen MR) is 113 cm³/mol. The van der Waals surface area contributed by atoms with Crippen molar-refractivity contribution in [3.8, 4) is 5.75 Å². The van der Waals surface area contributed by atoms with Gasteiger partial charge in [-0.25, -0.2) is 4.99 Å². The first-order valence-electron chi connectivity index (χ1n) is 9.62. The Morgan fingerprint density at radius 2 is 1.81 bits per heavy atom. The zero-order valence-corrected chi connectivity index (χ0v) is 16.7. The molecule has 0 spiro atoms. The van der Waals surface area contributed by atoms with Crippen molar-refractivity contribution in [2.45, 2.75) is 39.4 Å². The normalized spacial score (nSPS) is 12.8. The zero-order valence-electron chi connectivity index (χ0n) is 16.7. The van der Waals surface area contributed by atoms with Crippen LogP contribution >= 0.6 is 0 Å². The van der Waals surface area contributed by atoms with E-state index in [9.17, 15) is 5.11 Å². The second-order valence-corrected chi connectivity index (χ2v) is 6.83. The van der Waals surface area contributed by atoms with E-state index >= 15 is 0 Å². The number of aromatic hydroxyl groups is 1. The predicted octanol–water partition coefficient (Wildman–Crippen LogP) is 3.36. The van der Waals surface area contributed by atoms with Crippen LogP contribution in [0.1, 0.15) is 31.4 Å². The number of nitrogens with zero attached hydrogens (tertiary/aromatic N) is 2. The van der Waals surface area contributed by atoms with Crippen molar-refractivity contribution in [1.29, 1.82) is 0 Å². The highest BCUT2D eigenvalue weighted by Gasteiger charge is 2.09. The fourth-order valence-electron chi connectivity index (χ4n) is 2.81. The number of phenols is 1. The van der Waals surface area contributed by atoms with Crippen molar-refractivity contribution in [3.63, 3.8) is 0 Å². The second kappa shape index (κ2) is 11.2. The molecule has 0 aliphatic heterocycles. The molecular weight excluding hydrogens is 336 g/mol. The van der Waals surface area contributed by atoms with Gasteiger partial charge in [0.05, 0.1) is 6.54 Å². The van der Waals surface area contributed by atoms with E-state index in [0.29, 0.717) is 12.6 Å². The standard InChI is InChI=1S/C22H32N4O/c1-4-23-22(25-16-20-11-8-12-21(27)15-20)24-14-13-18(2)26(3)17-19-9-6-5-7-10-19/h5-12,15,18,27H,4,13-14,16-17H2,1-3H3,(H2,23,24,25). The third kappa shape index (κ3) is 7.71. The van der Waals surface area contributed by atoms with E-state index in [1.807, 2.05) is 12.1 Å². The molecule has 0 aliphatic rings. The lowest BCUT2D eigenvalue weighted by Gasteiger charge is -2.25. The third-order valence-electron chi connectivity index (χ3n) is 4.56. The monoisotopic (exact) mass is 368 g/mol. The number of aliphatic imine (C=N–C) groups is 1. The molecule has 5 heteroatoms. The van der Waals surface area contributed by atoms with Crippen LogP contribution in [0.4, 0.5) is 0 Å². The van der Waals surface area contributed by atoms with Crippen LogP contribution in [0.5, 0.6) is 5.75 Å². The van der Waals surface area contributed by atoms with Gasteiger partial charge in [0.1, 0.15) is 5.75 Å². The first-order valence-corrected chi connectivity index (χ1v) is 9.62. The molecule has 0 aromatic heterocycles. The maximum Gasteiger partial charge on any atom is 0.191 e. The lowest BCUT2D eigenvalue weighted by atomic mass is 10.1. The van der Waals surface area contributed by atoms with E-state index in [2.05, 4.69) is 71.8 Å². The van der Waals surface area contributed by atoms with Crippen molar-refractivity contribution in [3.05, 3.63) is 65.7 Å². The van der Waals surface area contributed by atoms with Crippen LogP contribution < -0.4 is 10.6 Å². The minimum Gasteiger partial charge on any atom is -0.508 e. The minimum absolute atomic E-state index is 0.274. The van der Waals surface area contributed by atoms with E-state index in [1.54, 1.807) is 12.1 Å². The van der Waals surface area contributed by atoms with Crippen LogP contribution in [-0.2, 0) is 13.1 Å². The largest absolute Gasteiger partial charge is 0.508 e. The molecule has 2 aromatic rings. The van der Waals surface area contributed by atoms with Gasteiger partial charge in [0, 0.05) is 25.7 Å². The molecule has 3 N–H and O–H groups in total. The molecule has 2 rings (SSSR count). The zero-order chi connectivity index (χ0) is 19.5. The Balaban J connectivity index is 1.79. The number of rotatable bonds is 9. The highest BCUT2D eigenvalue weighted by atomic mass is 16.3. The van der Waals surface area contributed by atoms with Crippen molar-refractivity contribution in [2.75, 3.05) is 20.1 Å². The Morgan fingerprint density at radius 3 is 2.52 bits per heavy atom. The quantitative estimate of drug-likeness (QED) is 0.469. The number of hydrogen-bond donors (Lipinski definition) is 3. The van der Waals surface area contributed by atoms with Crippen molar-refractivity contribution in [1.82, 2.24) is 15.5 Å². The molecule has 0 saturated carbocycles. The molecule has 0 heterocycles. The van der Waals surface area contributed by atoms with Crippen LogP contribution in [0.25, 0.3) is 0 Å². The minimum atomic E-state index is 0.274. The molecule has 1 atom stereocenters.